The molecule has 1 rings (SSSR count). The number of hydrogen-bond acceptors (Lipinski definition) is 2. The van der Waals surface area contributed by atoms with Gasteiger partial charge in [0.15, 0.2) is 0 Å². The summed E-state index contributed by atoms with van der Waals surface area (Å²) in [5, 5.41) is 0. The summed E-state index contributed by atoms with van der Waals surface area (Å²) in [5.74, 6) is 2.38. The summed E-state index contributed by atoms with van der Waals surface area (Å²) in [4.78, 5) is 0. The van der Waals surface area contributed by atoms with E-state index in [-0.39, 0.29) is 6.04 Å². The third kappa shape index (κ3) is 2.13. The minimum Gasteiger partial charge on any atom is -0.464 e. The van der Waals surface area contributed by atoms with Crippen LogP contribution in [-0.4, -0.2) is 0 Å². The van der Waals surface area contributed by atoms with Crippen molar-refractivity contribution in [3.63, 3.8) is 0 Å². The molecule has 0 bridgehead atoms. The van der Waals surface area contributed by atoms with Gasteiger partial charge in [0.25, 0.3) is 0 Å². The van der Waals surface area contributed by atoms with E-state index in [1.54, 1.807) is 0 Å². The molecule has 0 amide bonds. The van der Waals surface area contributed by atoms with Crippen LogP contribution in [0.4, 0.5) is 0 Å². The molecule has 2 N–H and O–H groups in total. The van der Waals surface area contributed by atoms with Crippen molar-refractivity contribution < 1.29 is 4.42 Å². The van der Waals surface area contributed by atoms with Crippen LogP contribution >= 0.6 is 0 Å². The largest absolute Gasteiger partial charge is 0.464 e. The first-order valence-corrected chi connectivity index (χ1v) is 4.88. The van der Waals surface area contributed by atoms with Crippen molar-refractivity contribution >= 4 is 0 Å². The highest BCUT2D eigenvalue weighted by Crippen LogP contribution is 2.25. The number of aryl methyl sites for hydroxylation is 2. The fraction of sp³-hybridized carbons (Fsp3) is 0.636. The molecule has 0 aliphatic heterocycles. The van der Waals surface area contributed by atoms with E-state index in [0.29, 0.717) is 5.92 Å². The van der Waals surface area contributed by atoms with E-state index in [0.717, 1.165) is 17.9 Å². The summed E-state index contributed by atoms with van der Waals surface area (Å²) < 4.78 is 5.57. The number of hydrogen-bond donors (Lipinski definition) is 1. The summed E-state index contributed by atoms with van der Waals surface area (Å²) in [6, 6.07) is 2.09. The van der Waals surface area contributed by atoms with Gasteiger partial charge in [-0.15, -0.1) is 0 Å². The second-order valence-corrected chi connectivity index (χ2v) is 3.80. The summed E-state index contributed by atoms with van der Waals surface area (Å²) in [5.41, 5.74) is 7.23. The average Bonchev–Trinajstić information content (AvgIpc) is 2.44. The van der Waals surface area contributed by atoms with Crippen molar-refractivity contribution in [2.45, 2.75) is 40.2 Å². The van der Waals surface area contributed by atoms with Crippen LogP contribution in [0, 0.1) is 19.8 Å². The Morgan fingerprint density at radius 1 is 1.46 bits per heavy atom. The zero-order valence-electron chi connectivity index (χ0n) is 8.92. The molecule has 0 saturated heterocycles. The van der Waals surface area contributed by atoms with E-state index in [1.165, 1.54) is 5.56 Å². The SMILES string of the molecule is CCC(C)C(N)c1cc(C)c(C)o1. The monoisotopic (exact) mass is 181 g/mol. The molecule has 0 fully saturated rings. The predicted octanol–water partition coefficient (Wildman–Crippen LogP) is 2.94. The van der Waals surface area contributed by atoms with Gasteiger partial charge >= 0.3 is 0 Å². The first-order valence-electron chi connectivity index (χ1n) is 4.88. The Morgan fingerprint density at radius 3 is 2.46 bits per heavy atom. The molecule has 1 aromatic heterocycles. The number of furan rings is 1. The summed E-state index contributed by atoms with van der Waals surface area (Å²) in [7, 11) is 0. The van der Waals surface area contributed by atoms with Gasteiger partial charge in [0.2, 0.25) is 0 Å². The zero-order valence-corrected chi connectivity index (χ0v) is 8.92. The Morgan fingerprint density at radius 2 is 2.08 bits per heavy atom. The molecule has 2 unspecified atom stereocenters. The van der Waals surface area contributed by atoms with Crippen LogP contribution in [0.15, 0.2) is 10.5 Å². The highest BCUT2D eigenvalue weighted by Gasteiger charge is 2.17. The van der Waals surface area contributed by atoms with Crippen molar-refractivity contribution in [2.75, 3.05) is 0 Å². The fourth-order valence-electron chi connectivity index (χ4n) is 1.30. The molecule has 13 heavy (non-hydrogen) atoms. The summed E-state index contributed by atoms with van der Waals surface area (Å²) in [6.45, 7) is 8.32. The Hall–Kier alpha value is -0.760. The second kappa shape index (κ2) is 3.97. The zero-order chi connectivity index (χ0) is 10.0. The molecule has 1 aromatic rings. The van der Waals surface area contributed by atoms with Gasteiger partial charge in [-0.25, -0.2) is 0 Å². The molecule has 1 heterocycles. The predicted molar refractivity (Wildman–Crippen MR) is 54.6 cm³/mol. The molecule has 0 radical (unpaired) electrons. The molecular weight excluding hydrogens is 162 g/mol. The molecule has 2 heteroatoms. The van der Waals surface area contributed by atoms with E-state index in [2.05, 4.69) is 13.8 Å². The summed E-state index contributed by atoms with van der Waals surface area (Å²) >= 11 is 0. The van der Waals surface area contributed by atoms with Crippen molar-refractivity contribution in [3.8, 4) is 0 Å². The number of rotatable bonds is 3. The van der Waals surface area contributed by atoms with Crippen LogP contribution in [0.1, 0.15) is 43.4 Å². The minimum atomic E-state index is 0.0393. The third-order valence-corrected chi connectivity index (χ3v) is 2.77. The van der Waals surface area contributed by atoms with Crippen LogP contribution in [-0.2, 0) is 0 Å². The van der Waals surface area contributed by atoms with Gasteiger partial charge in [0.05, 0.1) is 6.04 Å². The van der Waals surface area contributed by atoms with Crippen LogP contribution in [0.5, 0.6) is 0 Å². The second-order valence-electron chi connectivity index (χ2n) is 3.80. The lowest BCUT2D eigenvalue weighted by Crippen LogP contribution is -2.17. The van der Waals surface area contributed by atoms with Crippen LogP contribution in [0.2, 0.25) is 0 Å². The maximum Gasteiger partial charge on any atom is 0.121 e. The highest BCUT2D eigenvalue weighted by atomic mass is 16.3. The Bertz CT molecular complexity index is 258. The quantitative estimate of drug-likeness (QED) is 0.778. The molecule has 0 aliphatic carbocycles. The lowest BCUT2D eigenvalue weighted by Gasteiger charge is -2.15. The Labute approximate surface area is 80.1 Å². The topological polar surface area (TPSA) is 39.2 Å². The average molecular weight is 181 g/mol. The molecule has 2 nitrogen and oxygen atoms in total. The van der Waals surface area contributed by atoms with Crippen molar-refractivity contribution in [1.82, 2.24) is 0 Å². The maximum atomic E-state index is 6.04. The van der Waals surface area contributed by atoms with E-state index in [4.69, 9.17) is 10.2 Å². The van der Waals surface area contributed by atoms with Crippen molar-refractivity contribution in [3.05, 3.63) is 23.2 Å². The molecule has 0 saturated carbocycles. The third-order valence-electron chi connectivity index (χ3n) is 2.77. The fourth-order valence-corrected chi connectivity index (χ4v) is 1.30. The van der Waals surface area contributed by atoms with Crippen molar-refractivity contribution in [2.24, 2.45) is 11.7 Å². The van der Waals surface area contributed by atoms with Crippen LogP contribution in [0.25, 0.3) is 0 Å². The lowest BCUT2D eigenvalue weighted by atomic mass is 9.98. The molecule has 0 spiro atoms. The molecule has 0 aliphatic rings. The standard InChI is InChI=1S/C11H19NO/c1-5-7(2)11(12)10-6-8(3)9(4)13-10/h6-7,11H,5,12H2,1-4H3. The van der Waals surface area contributed by atoms with E-state index < -0.39 is 0 Å². The van der Waals surface area contributed by atoms with Gasteiger partial charge in [0, 0.05) is 0 Å². The van der Waals surface area contributed by atoms with E-state index >= 15 is 0 Å². The molecule has 74 valence electrons. The van der Waals surface area contributed by atoms with Crippen LogP contribution in [0.3, 0.4) is 0 Å². The van der Waals surface area contributed by atoms with Gasteiger partial charge < -0.3 is 10.2 Å². The minimum absolute atomic E-state index is 0.0393. The van der Waals surface area contributed by atoms with E-state index in [1.807, 2.05) is 19.9 Å². The van der Waals surface area contributed by atoms with Crippen molar-refractivity contribution in [1.29, 1.82) is 0 Å². The first kappa shape index (κ1) is 10.3. The Kier molecular flexibility index (Phi) is 3.15. The maximum absolute atomic E-state index is 6.04. The highest BCUT2D eigenvalue weighted by molar-refractivity contribution is 5.20. The van der Waals surface area contributed by atoms with Gasteiger partial charge in [0.1, 0.15) is 11.5 Å². The van der Waals surface area contributed by atoms with Gasteiger partial charge in [-0.05, 0) is 31.4 Å². The molecule has 0 aromatic carbocycles. The van der Waals surface area contributed by atoms with Gasteiger partial charge in [-0.3, -0.25) is 0 Å². The van der Waals surface area contributed by atoms with Crippen LogP contribution < -0.4 is 5.73 Å². The molecule has 2 atom stereocenters. The van der Waals surface area contributed by atoms with Gasteiger partial charge in [-0.2, -0.15) is 0 Å². The first-order chi connectivity index (χ1) is 6.06. The summed E-state index contributed by atoms with van der Waals surface area (Å²) in [6.07, 6.45) is 1.08. The molecular formula is C11H19NO. The van der Waals surface area contributed by atoms with E-state index in [9.17, 15) is 0 Å². The Balaban J connectivity index is 2.82. The normalized spacial score (nSPS) is 15.8. The van der Waals surface area contributed by atoms with Gasteiger partial charge in [-0.1, -0.05) is 20.3 Å². The smallest absolute Gasteiger partial charge is 0.121 e. The lowest BCUT2D eigenvalue weighted by molar-refractivity contribution is 0.368. The number of nitrogens with two attached hydrogens (primary N) is 1.